The molecule has 3 atom stereocenters. The second kappa shape index (κ2) is 7.56. The van der Waals surface area contributed by atoms with E-state index in [1.54, 1.807) is 0 Å². The molecule has 0 radical (unpaired) electrons. The zero-order valence-electron chi connectivity index (χ0n) is 14.8. The maximum atomic E-state index is 5.96. The van der Waals surface area contributed by atoms with Gasteiger partial charge in [-0.1, -0.05) is 0 Å². The summed E-state index contributed by atoms with van der Waals surface area (Å²) < 4.78 is 11.8. The highest BCUT2D eigenvalue weighted by Gasteiger charge is 2.34. The fourth-order valence-electron chi connectivity index (χ4n) is 4.45. The van der Waals surface area contributed by atoms with Crippen molar-refractivity contribution in [3.8, 4) is 0 Å². The minimum atomic E-state index is 0.181. The SMILES string of the molecule is CN=C(NCC1CN2CCN1CC2)N1CCOC(C2CCCO2)C1. The number of guanidine groups is 1. The van der Waals surface area contributed by atoms with Crippen molar-refractivity contribution in [3.05, 3.63) is 0 Å². The molecule has 0 aromatic carbocycles. The Kier molecular flexibility index (Phi) is 5.22. The lowest BCUT2D eigenvalue weighted by atomic mass is 10.1. The minimum absolute atomic E-state index is 0.181. The van der Waals surface area contributed by atoms with Crippen molar-refractivity contribution in [1.82, 2.24) is 20.0 Å². The normalized spacial score (nSPS) is 40.1. The van der Waals surface area contributed by atoms with Crippen molar-refractivity contribution >= 4 is 5.96 Å². The van der Waals surface area contributed by atoms with Crippen LogP contribution in [0.2, 0.25) is 0 Å². The van der Waals surface area contributed by atoms with Crippen LogP contribution in [0, 0.1) is 0 Å². The number of fused-ring (bicyclic) bond motifs is 3. The molecule has 5 aliphatic rings. The van der Waals surface area contributed by atoms with E-state index >= 15 is 0 Å². The zero-order chi connectivity index (χ0) is 16.4. The summed E-state index contributed by atoms with van der Waals surface area (Å²) in [5, 5.41) is 3.62. The fourth-order valence-corrected chi connectivity index (χ4v) is 4.45. The van der Waals surface area contributed by atoms with Crippen LogP contribution < -0.4 is 5.32 Å². The van der Waals surface area contributed by atoms with E-state index in [9.17, 15) is 0 Å². The van der Waals surface area contributed by atoms with Crippen LogP contribution in [0.3, 0.4) is 0 Å². The third-order valence-corrected chi connectivity index (χ3v) is 5.87. The number of rotatable bonds is 3. The maximum Gasteiger partial charge on any atom is 0.193 e. The first-order chi connectivity index (χ1) is 11.8. The van der Waals surface area contributed by atoms with Crippen LogP contribution >= 0.6 is 0 Å². The molecule has 3 unspecified atom stereocenters. The van der Waals surface area contributed by atoms with Gasteiger partial charge < -0.3 is 19.7 Å². The maximum absolute atomic E-state index is 5.96. The van der Waals surface area contributed by atoms with E-state index < -0.39 is 0 Å². The molecule has 0 aliphatic carbocycles. The summed E-state index contributed by atoms with van der Waals surface area (Å²) in [6.07, 6.45) is 2.72. The Balaban J connectivity index is 1.30. The molecule has 1 N–H and O–H groups in total. The molecule has 2 bridgehead atoms. The summed E-state index contributed by atoms with van der Waals surface area (Å²) in [5.41, 5.74) is 0. The highest BCUT2D eigenvalue weighted by atomic mass is 16.5. The van der Waals surface area contributed by atoms with Gasteiger partial charge in [0, 0.05) is 72.1 Å². The van der Waals surface area contributed by atoms with Gasteiger partial charge in [-0.3, -0.25) is 14.8 Å². The van der Waals surface area contributed by atoms with Crippen LogP contribution in [0.5, 0.6) is 0 Å². The van der Waals surface area contributed by atoms with Crippen molar-refractivity contribution in [3.63, 3.8) is 0 Å². The predicted molar refractivity (Wildman–Crippen MR) is 93.4 cm³/mol. The lowest BCUT2D eigenvalue weighted by Gasteiger charge is -2.47. The molecule has 7 heteroatoms. The van der Waals surface area contributed by atoms with Crippen LogP contribution in [0.1, 0.15) is 12.8 Å². The van der Waals surface area contributed by atoms with Gasteiger partial charge in [0.15, 0.2) is 5.96 Å². The lowest BCUT2D eigenvalue weighted by molar-refractivity contribution is -0.0818. The molecule has 5 rings (SSSR count). The molecule has 5 saturated heterocycles. The Morgan fingerprint density at radius 1 is 1.04 bits per heavy atom. The molecular weight excluding hydrogens is 306 g/mol. The van der Waals surface area contributed by atoms with E-state index in [2.05, 4.69) is 25.0 Å². The molecule has 0 spiro atoms. The largest absolute Gasteiger partial charge is 0.375 e. The first kappa shape index (κ1) is 16.6. The van der Waals surface area contributed by atoms with Crippen LogP contribution in [0.15, 0.2) is 4.99 Å². The molecule has 7 nitrogen and oxygen atoms in total. The van der Waals surface area contributed by atoms with Crippen molar-refractivity contribution in [2.45, 2.75) is 31.1 Å². The highest BCUT2D eigenvalue weighted by Crippen LogP contribution is 2.21. The van der Waals surface area contributed by atoms with Gasteiger partial charge in [-0.2, -0.15) is 0 Å². The smallest absolute Gasteiger partial charge is 0.193 e. The van der Waals surface area contributed by atoms with Gasteiger partial charge in [-0.25, -0.2) is 0 Å². The Morgan fingerprint density at radius 3 is 2.54 bits per heavy atom. The molecule has 0 saturated carbocycles. The summed E-state index contributed by atoms with van der Waals surface area (Å²) in [5.74, 6) is 1.01. The molecule has 5 fully saturated rings. The van der Waals surface area contributed by atoms with E-state index in [-0.39, 0.29) is 12.2 Å². The first-order valence-electron chi connectivity index (χ1n) is 9.48. The van der Waals surface area contributed by atoms with Crippen LogP contribution in [-0.2, 0) is 9.47 Å². The summed E-state index contributed by atoms with van der Waals surface area (Å²) in [7, 11) is 1.88. The molecule has 136 valence electrons. The number of hydrogen-bond donors (Lipinski definition) is 1. The molecule has 0 amide bonds. The molecule has 24 heavy (non-hydrogen) atoms. The van der Waals surface area contributed by atoms with Gasteiger partial charge >= 0.3 is 0 Å². The highest BCUT2D eigenvalue weighted by molar-refractivity contribution is 5.80. The van der Waals surface area contributed by atoms with Gasteiger partial charge in [0.05, 0.1) is 12.7 Å². The van der Waals surface area contributed by atoms with Crippen molar-refractivity contribution < 1.29 is 9.47 Å². The van der Waals surface area contributed by atoms with Gasteiger partial charge in [0.25, 0.3) is 0 Å². The first-order valence-corrected chi connectivity index (χ1v) is 9.48. The van der Waals surface area contributed by atoms with Gasteiger partial charge in [0.2, 0.25) is 0 Å². The van der Waals surface area contributed by atoms with E-state index in [1.807, 2.05) is 7.05 Å². The monoisotopic (exact) mass is 337 g/mol. The number of nitrogens with one attached hydrogen (secondary N) is 1. The summed E-state index contributed by atoms with van der Waals surface area (Å²) in [6, 6.07) is 0.610. The zero-order valence-corrected chi connectivity index (χ0v) is 14.8. The second-order valence-electron chi connectivity index (χ2n) is 7.33. The second-order valence-corrected chi connectivity index (χ2v) is 7.33. The van der Waals surface area contributed by atoms with E-state index in [0.717, 1.165) is 51.6 Å². The van der Waals surface area contributed by atoms with Crippen molar-refractivity contribution in [1.29, 1.82) is 0 Å². The van der Waals surface area contributed by atoms with Crippen molar-refractivity contribution in [2.24, 2.45) is 4.99 Å². The van der Waals surface area contributed by atoms with Gasteiger partial charge in [-0.05, 0) is 12.8 Å². The molecule has 0 aromatic heterocycles. The Morgan fingerprint density at radius 2 is 1.88 bits per heavy atom. The predicted octanol–water partition coefficient (Wildman–Crippen LogP) is -0.559. The Hall–Kier alpha value is -0.890. The van der Waals surface area contributed by atoms with Crippen LogP contribution in [0.4, 0.5) is 0 Å². The van der Waals surface area contributed by atoms with E-state index in [4.69, 9.17) is 9.47 Å². The van der Waals surface area contributed by atoms with Gasteiger partial charge in [0.1, 0.15) is 6.10 Å². The number of piperazine rings is 3. The Labute approximate surface area is 145 Å². The van der Waals surface area contributed by atoms with Crippen LogP contribution in [-0.4, -0.2) is 112 Å². The van der Waals surface area contributed by atoms with E-state index in [0.29, 0.717) is 6.04 Å². The summed E-state index contributed by atoms with van der Waals surface area (Å²) in [6.45, 7) is 10.5. The fraction of sp³-hybridized carbons (Fsp3) is 0.941. The van der Waals surface area contributed by atoms with Crippen LogP contribution in [0.25, 0.3) is 0 Å². The number of morpholine rings is 1. The quantitative estimate of drug-likeness (QED) is 0.550. The molecular formula is C17H31N5O2. The molecule has 5 heterocycles. The third kappa shape index (κ3) is 3.54. The molecule has 0 aromatic rings. The minimum Gasteiger partial charge on any atom is -0.375 e. The Bertz CT molecular complexity index is 446. The number of nitrogens with zero attached hydrogens (tertiary/aromatic N) is 4. The number of aliphatic imine (C=N–C) groups is 1. The average Bonchev–Trinajstić information content (AvgIpc) is 3.18. The lowest BCUT2D eigenvalue weighted by Crippen LogP contribution is -2.64. The van der Waals surface area contributed by atoms with Crippen molar-refractivity contribution in [2.75, 3.05) is 72.6 Å². The molecule has 5 aliphatic heterocycles. The number of ether oxygens (including phenoxy) is 2. The third-order valence-electron chi connectivity index (χ3n) is 5.87. The van der Waals surface area contributed by atoms with E-state index in [1.165, 1.54) is 32.7 Å². The average molecular weight is 337 g/mol. The summed E-state index contributed by atoms with van der Waals surface area (Å²) in [4.78, 5) is 12.1. The topological polar surface area (TPSA) is 52.6 Å². The summed E-state index contributed by atoms with van der Waals surface area (Å²) >= 11 is 0. The van der Waals surface area contributed by atoms with Gasteiger partial charge in [-0.15, -0.1) is 0 Å². The standard InChI is InChI=1S/C17H31N5O2/c1-18-17(19-11-14-12-20-4-6-21(14)7-5-20)22-8-10-24-16(13-22)15-3-2-9-23-15/h14-16H,2-13H2,1H3,(H,18,19). The number of hydrogen-bond acceptors (Lipinski definition) is 5.